The van der Waals surface area contributed by atoms with E-state index < -0.39 is 0 Å². The van der Waals surface area contributed by atoms with Crippen LogP contribution < -0.4 is 21.5 Å². The second-order valence-corrected chi connectivity index (χ2v) is 7.05. The Morgan fingerprint density at radius 3 is 2.56 bits per heavy atom. The highest BCUT2D eigenvalue weighted by molar-refractivity contribution is 7.81. The Kier molecular flexibility index (Phi) is 5.03. The third kappa shape index (κ3) is 3.99. The average Bonchev–Trinajstić information content (AvgIpc) is 2.57. The van der Waals surface area contributed by atoms with Crippen LogP contribution in [-0.2, 0) is 0 Å². The van der Waals surface area contributed by atoms with Gasteiger partial charge in [0.25, 0.3) is 5.56 Å². The number of nitrogen functional groups attached to an aromatic ring is 1. The minimum absolute atomic E-state index is 0.155. The number of nitrogens with one attached hydrogen (secondary N) is 2. The molecule has 1 saturated heterocycles. The Bertz CT molecular complexity index is 822. The monoisotopic (exact) mass is 357 g/mol. The maximum Gasteiger partial charge on any atom is 0.264 e. The molecule has 2 heterocycles. The summed E-state index contributed by atoms with van der Waals surface area (Å²) in [5.74, 6) is 1.38. The lowest BCUT2D eigenvalue weighted by atomic mass is 10.00. The van der Waals surface area contributed by atoms with Crippen molar-refractivity contribution in [1.29, 1.82) is 0 Å². The van der Waals surface area contributed by atoms with Crippen LogP contribution in [0.15, 0.2) is 29.1 Å². The zero-order valence-electron chi connectivity index (χ0n) is 14.5. The largest absolute Gasteiger partial charge is 0.383 e. The standard InChI is InChI=1S/C18H23N5OS/c1-11-3-5-13(6-4-11)20-17(25)14-15(19)21-18(22-16(14)24)23-9-7-12(2)8-10-23/h3-6,12H,7-10H2,1-2H3,(H,20,25)(H3,19,21,22,24). The molecule has 0 aliphatic carbocycles. The third-order valence-electron chi connectivity index (χ3n) is 4.55. The van der Waals surface area contributed by atoms with Crippen LogP contribution in [0.3, 0.4) is 0 Å². The molecule has 1 aliphatic rings. The van der Waals surface area contributed by atoms with Gasteiger partial charge in [0.1, 0.15) is 16.4 Å². The fourth-order valence-corrected chi connectivity index (χ4v) is 3.21. The highest BCUT2D eigenvalue weighted by Gasteiger charge is 2.20. The Labute approximate surface area is 152 Å². The predicted octanol–water partition coefficient (Wildman–Crippen LogP) is 2.68. The highest BCUT2D eigenvalue weighted by Crippen LogP contribution is 2.20. The molecule has 2 aromatic rings. The van der Waals surface area contributed by atoms with Gasteiger partial charge in [-0.25, -0.2) is 0 Å². The second-order valence-electron chi connectivity index (χ2n) is 6.64. The molecule has 1 aliphatic heterocycles. The minimum atomic E-state index is -0.314. The Balaban J connectivity index is 1.81. The number of anilines is 3. The lowest BCUT2D eigenvalue weighted by molar-refractivity contribution is 0.434. The fourth-order valence-electron chi connectivity index (χ4n) is 2.90. The second kappa shape index (κ2) is 7.23. The van der Waals surface area contributed by atoms with Gasteiger partial charge in [-0.1, -0.05) is 36.8 Å². The van der Waals surface area contributed by atoms with Crippen LogP contribution in [0.25, 0.3) is 0 Å². The molecule has 3 rings (SSSR count). The van der Waals surface area contributed by atoms with Crippen LogP contribution in [0, 0.1) is 12.8 Å². The van der Waals surface area contributed by atoms with E-state index in [9.17, 15) is 4.79 Å². The van der Waals surface area contributed by atoms with Crippen molar-refractivity contribution in [2.24, 2.45) is 5.92 Å². The molecule has 132 valence electrons. The van der Waals surface area contributed by atoms with E-state index in [2.05, 4.69) is 27.1 Å². The molecule has 0 bridgehead atoms. The number of hydrogen-bond donors (Lipinski definition) is 3. The SMILES string of the molecule is Cc1ccc(NC(=S)c2c(N)nc(N3CCC(C)CC3)[nH]c2=O)cc1. The smallest absolute Gasteiger partial charge is 0.264 e. The molecule has 1 fully saturated rings. The van der Waals surface area contributed by atoms with Crippen molar-refractivity contribution in [2.75, 3.05) is 29.0 Å². The molecule has 1 aromatic heterocycles. The number of H-pyrrole nitrogens is 1. The summed E-state index contributed by atoms with van der Waals surface area (Å²) in [6, 6.07) is 7.75. The fraction of sp³-hybridized carbons (Fsp3) is 0.389. The molecular formula is C18H23N5OS. The lowest BCUT2D eigenvalue weighted by Gasteiger charge is -2.30. The number of benzene rings is 1. The van der Waals surface area contributed by atoms with E-state index in [1.54, 1.807) is 0 Å². The summed E-state index contributed by atoms with van der Waals surface area (Å²) >= 11 is 5.36. The van der Waals surface area contributed by atoms with E-state index in [1.807, 2.05) is 31.2 Å². The van der Waals surface area contributed by atoms with E-state index in [1.165, 1.54) is 0 Å². The maximum atomic E-state index is 12.5. The molecule has 1 aromatic carbocycles. The summed E-state index contributed by atoms with van der Waals surface area (Å²) in [6.07, 6.45) is 2.16. The number of rotatable bonds is 3. The summed E-state index contributed by atoms with van der Waals surface area (Å²) in [5, 5.41) is 3.05. The van der Waals surface area contributed by atoms with Gasteiger partial charge in [0, 0.05) is 18.8 Å². The van der Waals surface area contributed by atoms with Crippen molar-refractivity contribution < 1.29 is 0 Å². The van der Waals surface area contributed by atoms with Crippen molar-refractivity contribution in [3.05, 3.63) is 45.7 Å². The van der Waals surface area contributed by atoms with Crippen LogP contribution in [-0.4, -0.2) is 28.0 Å². The lowest BCUT2D eigenvalue weighted by Crippen LogP contribution is -2.36. The molecule has 6 nitrogen and oxygen atoms in total. The van der Waals surface area contributed by atoms with E-state index in [0.29, 0.717) is 11.9 Å². The molecule has 7 heteroatoms. The predicted molar refractivity (Wildman–Crippen MR) is 106 cm³/mol. The highest BCUT2D eigenvalue weighted by atomic mass is 32.1. The number of thiocarbonyl (C=S) groups is 1. The van der Waals surface area contributed by atoms with Crippen molar-refractivity contribution in [2.45, 2.75) is 26.7 Å². The van der Waals surface area contributed by atoms with Crippen LogP contribution in [0.2, 0.25) is 0 Å². The number of nitrogens with zero attached hydrogens (tertiary/aromatic N) is 2. The molecule has 25 heavy (non-hydrogen) atoms. The molecule has 0 amide bonds. The van der Waals surface area contributed by atoms with E-state index in [4.69, 9.17) is 18.0 Å². The van der Waals surface area contributed by atoms with Gasteiger partial charge in [-0.15, -0.1) is 0 Å². The van der Waals surface area contributed by atoms with Gasteiger partial charge < -0.3 is 16.0 Å². The summed E-state index contributed by atoms with van der Waals surface area (Å²) in [7, 11) is 0. The molecule has 0 radical (unpaired) electrons. The van der Waals surface area contributed by atoms with Crippen molar-refractivity contribution >= 4 is 34.7 Å². The van der Waals surface area contributed by atoms with Crippen LogP contribution in [0.1, 0.15) is 30.9 Å². The Morgan fingerprint density at radius 2 is 1.96 bits per heavy atom. The first-order valence-corrected chi connectivity index (χ1v) is 8.87. The van der Waals surface area contributed by atoms with Crippen LogP contribution in [0.5, 0.6) is 0 Å². The van der Waals surface area contributed by atoms with Crippen molar-refractivity contribution in [3.63, 3.8) is 0 Å². The minimum Gasteiger partial charge on any atom is -0.383 e. The normalized spacial score (nSPS) is 15.2. The van der Waals surface area contributed by atoms with Crippen LogP contribution in [0.4, 0.5) is 17.5 Å². The Morgan fingerprint density at radius 1 is 1.32 bits per heavy atom. The molecule has 4 N–H and O–H groups in total. The number of nitrogens with two attached hydrogens (primary N) is 1. The quantitative estimate of drug-likeness (QED) is 0.732. The van der Waals surface area contributed by atoms with Gasteiger partial charge in [0.05, 0.1) is 0 Å². The summed E-state index contributed by atoms with van der Waals surface area (Å²) < 4.78 is 0. The summed E-state index contributed by atoms with van der Waals surface area (Å²) in [6.45, 7) is 5.98. The summed E-state index contributed by atoms with van der Waals surface area (Å²) in [5.41, 5.74) is 7.91. The average molecular weight is 357 g/mol. The first-order valence-electron chi connectivity index (χ1n) is 8.47. The number of hydrogen-bond acceptors (Lipinski definition) is 5. The number of aromatic amines is 1. The topological polar surface area (TPSA) is 87.0 Å². The molecular weight excluding hydrogens is 334 g/mol. The number of aromatic nitrogens is 2. The molecule has 0 unspecified atom stereocenters. The number of piperidine rings is 1. The first kappa shape index (κ1) is 17.4. The maximum absolute atomic E-state index is 12.5. The number of aryl methyl sites for hydroxylation is 1. The van der Waals surface area contributed by atoms with E-state index in [0.717, 1.165) is 37.2 Å². The summed E-state index contributed by atoms with van der Waals surface area (Å²) in [4.78, 5) is 22.1. The van der Waals surface area contributed by atoms with Crippen molar-refractivity contribution in [1.82, 2.24) is 9.97 Å². The van der Waals surface area contributed by atoms with E-state index in [-0.39, 0.29) is 21.9 Å². The third-order valence-corrected chi connectivity index (χ3v) is 4.86. The van der Waals surface area contributed by atoms with E-state index >= 15 is 0 Å². The zero-order chi connectivity index (χ0) is 18.0. The van der Waals surface area contributed by atoms with Crippen LogP contribution >= 0.6 is 12.2 Å². The van der Waals surface area contributed by atoms with Gasteiger partial charge in [-0.2, -0.15) is 4.98 Å². The first-order chi connectivity index (χ1) is 11.9. The van der Waals surface area contributed by atoms with Crippen molar-refractivity contribution in [3.8, 4) is 0 Å². The van der Waals surface area contributed by atoms with Gasteiger partial charge in [-0.05, 0) is 37.8 Å². The molecule has 0 atom stereocenters. The zero-order valence-corrected chi connectivity index (χ0v) is 15.3. The van der Waals surface area contributed by atoms with Gasteiger partial charge in [0.2, 0.25) is 5.95 Å². The Hall–Kier alpha value is -2.41. The van der Waals surface area contributed by atoms with Gasteiger partial charge in [0.15, 0.2) is 0 Å². The molecule has 0 spiro atoms. The van der Waals surface area contributed by atoms with Gasteiger partial charge in [-0.3, -0.25) is 9.78 Å². The van der Waals surface area contributed by atoms with Gasteiger partial charge >= 0.3 is 0 Å². The molecule has 0 saturated carbocycles.